The highest BCUT2D eigenvalue weighted by Gasteiger charge is 2.15. The summed E-state index contributed by atoms with van der Waals surface area (Å²) in [6.07, 6.45) is 0. The Kier molecular flexibility index (Phi) is 6.81. The summed E-state index contributed by atoms with van der Waals surface area (Å²) in [4.78, 5) is 16.2. The number of benzene rings is 2. The van der Waals surface area contributed by atoms with E-state index in [1.807, 2.05) is 0 Å². The van der Waals surface area contributed by atoms with E-state index in [0.29, 0.717) is 26.5 Å². The van der Waals surface area contributed by atoms with Crippen LogP contribution in [0.2, 0.25) is 10.0 Å². The molecule has 29 heavy (non-hydrogen) atoms. The fourth-order valence-corrected chi connectivity index (χ4v) is 3.70. The number of nitrogens with zero attached hydrogens (tertiary/aromatic N) is 1. The monoisotopic (exact) mass is 452 g/mol. The zero-order valence-electron chi connectivity index (χ0n) is 15.3. The number of aliphatic hydroxyl groups excluding tert-OH is 1. The van der Waals surface area contributed by atoms with E-state index in [-0.39, 0.29) is 23.6 Å². The summed E-state index contributed by atoms with van der Waals surface area (Å²) in [5, 5.41) is 13.8. The fourth-order valence-electron chi connectivity index (χ4n) is 2.43. The van der Waals surface area contributed by atoms with E-state index < -0.39 is 6.04 Å². The van der Waals surface area contributed by atoms with Gasteiger partial charge < -0.3 is 20.9 Å². The molecule has 1 atom stereocenters. The van der Waals surface area contributed by atoms with Gasteiger partial charge in [-0.05, 0) is 60.9 Å². The van der Waals surface area contributed by atoms with Crippen LogP contribution in [-0.2, 0) is 0 Å². The number of hydrogen-bond donors (Lipinski definition) is 4. The minimum Gasteiger partial charge on any atom is -0.457 e. The number of nitrogens with one attached hydrogen (secondary N) is 2. The fraction of sp³-hybridized carbons (Fsp3) is 0.158. The second kappa shape index (κ2) is 9.32. The van der Waals surface area contributed by atoms with Gasteiger partial charge in [0.25, 0.3) is 5.56 Å². The van der Waals surface area contributed by atoms with Crippen molar-refractivity contribution in [2.45, 2.75) is 13.0 Å². The van der Waals surface area contributed by atoms with E-state index in [1.165, 1.54) is 0 Å². The van der Waals surface area contributed by atoms with E-state index in [1.54, 1.807) is 49.4 Å². The number of aromatic nitrogens is 1. The molecule has 1 aromatic heterocycles. The number of anilines is 2. The maximum Gasteiger partial charge on any atom is 0.271 e. The van der Waals surface area contributed by atoms with Crippen LogP contribution in [0.3, 0.4) is 0 Å². The van der Waals surface area contributed by atoms with Gasteiger partial charge in [-0.3, -0.25) is 14.2 Å². The quantitative estimate of drug-likeness (QED) is 0.314. The summed E-state index contributed by atoms with van der Waals surface area (Å²) >= 11 is 13.1. The largest absolute Gasteiger partial charge is 0.457 e. The molecular formula is C19H18Cl2N4O3S. The van der Waals surface area contributed by atoms with Gasteiger partial charge in [0.1, 0.15) is 27.9 Å². The molecular weight excluding hydrogens is 435 g/mol. The van der Waals surface area contributed by atoms with Crippen LogP contribution in [-0.4, -0.2) is 28.0 Å². The summed E-state index contributed by atoms with van der Waals surface area (Å²) in [6, 6.07) is 11.7. The topological polar surface area (TPSA) is 113 Å². The molecule has 0 aliphatic rings. The van der Waals surface area contributed by atoms with Gasteiger partial charge in [0.05, 0.1) is 12.6 Å². The Labute approximate surface area is 180 Å². The average molecular weight is 453 g/mol. The molecule has 3 aromatic rings. The number of nitrogens with two attached hydrogens (primary N) is 1. The number of aromatic amines is 1. The van der Waals surface area contributed by atoms with Crippen LogP contribution < -0.4 is 21.3 Å². The standard InChI is InChI=1S/C19H18Cl2N4O3S/c1-10(9-26)23-17(22)16-18(27)25-29-19(16)24-13-2-4-14(5-3-13)28-15-7-11(20)6-12(21)8-15/h2-8,10,24,26H,9H2,1H3,(H2,22,23)(H,25,27). The molecule has 0 spiro atoms. The lowest BCUT2D eigenvalue weighted by Gasteiger charge is -2.10. The van der Waals surface area contributed by atoms with Crippen LogP contribution >= 0.6 is 34.7 Å². The SMILES string of the molecule is CC(CO)N=C(N)c1c(Nc2ccc(Oc3cc(Cl)cc(Cl)c3)cc2)s[nH]c1=O. The Morgan fingerprint density at radius 3 is 2.52 bits per heavy atom. The van der Waals surface area contributed by atoms with Crippen molar-refractivity contribution in [2.75, 3.05) is 11.9 Å². The van der Waals surface area contributed by atoms with Gasteiger partial charge in [-0.15, -0.1) is 0 Å². The third-order valence-electron chi connectivity index (χ3n) is 3.76. The van der Waals surface area contributed by atoms with Gasteiger partial charge in [-0.2, -0.15) is 0 Å². The molecule has 152 valence electrons. The Balaban J connectivity index is 1.77. The van der Waals surface area contributed by atoms with Gasteiger partial charge in [0, 0.05) is 15.7 Å². The molecule has 10 heteroatoms. The number of aliphatic hydroxyl groups is 1. The first-order chi connectivity index (χ1) is 13.9. The van der Waals surface area contributed by atoms with E-state index in [9.17, 15) is 4.79 Å². The molecule has 0 aliphatic carbocycles. The summed E-state index contributed by atoms with van der Waals surface area (Å²) < 4.78 is 8.39. The first-order valence-corrected chi connectivity index (χ1v) is 10.1. The molecule has 1 unspecified atom stereocenters. The number of halogens is 2. The molecule has 7 nitrogen and oxygen atoms in total. The Morgan fingerprint density at radius 2 is 1.90 bits per heavy atom. The van der Waals surface area contributed by atoms with Crippen LogP contribution in [0.1, 0.15) is 12.5 Å². The molecule has 0 bridgehead atoms. The number of ether oxygens (including phenoxy) is 1. The van der Waals surface area contributed by atoms with Gasteiger partial charge in [0.15, 0.2) is 0 Å². The Bertz CT molecular complexity index is 1060. The smallest absolute Gasteiger partial charge is 0.271 e. The second-order valence-electron chi connectivity index (χ2n) is 6.14. The first kappa shape index (κ1) is 21.2. The van der Waals surface area contributed by atoms with Gasteiger partial charge >= 0.3 is 0 Å². The van der Waals surface area contributed by atoms with E-state index >= 15 is 0 Å². The summed E-state index contributed by atoms with van der Waals surface area (Å²) in [5.41, 5.74) is 6.57. The third-order valence-corrected chi connectivity index (χ3v) is 5.00. The van der Waals surface area contributed by atoms with E-state index in [2.05, 4.69) is 14.7 Å². The lowest BCUT2D eigenvalue weighted by Crippen LogP contribution is -2.24. The summed E-state index contributed by atoms with van der Waals surface area (Å²) in [5.74, 6) is 1.18. The van der Waals surface area contributed by atoms with Crippen molar-refractivity contribution in [3.05, 3.63) is 68.4 Å². The van der Waals surface area contributed by atoms with Crippen LogP contribution in [0.15, 0.2) is 52.3 Å². The van der Waals surface area contributed by atoms with E-state index in [0.717, 1.165) is 17.2 Å². The van der Waals surface area contributed by atoms with Crippen molar-refractivity contribution in [2.24, 2.45) is 10.7 Å². The molecule has 0 saturated carbocycles. The normalized spacial score (nSPS) is 12.6. The predicted molar refractivity (Wildman–Crippen MR) is 118 cm³/mol. The molecule has 3 rings (SSSR count). The molecule has 0 amide bonds. The highest BCUT2D eigenvalue weighted by molar-refractivity contribution is 7.10. The zero-order chi connectivity index (χ0) is 21.0. The van der Waals surface area contributed by atoms with Crippen molar-refractivity contribution in [3.8, 4) is 11.5 Å². The Morgan fingerprint density at radius 1 is 1.24 bits per heavy atom. The van der Waals surface area contributed by atoms with Crippen molar-refractivity contribution in [3.63, 3.8) is 0 Å². The first-order valence-electron chi connectivity index (χ1n) is 8.52. The van der Waals surface area contributed by atoms with Crippen LogP contribution in [0.25, 0.3) is 0 Å². The maximum atomic E-state index is 12.1. The number of H-pyrrole nitrogens is 1. The Hall–Kier alpha value is -2.52. The molecule has 2 aromatic carbocycles. The van der Waals surface area contributed by atoms with E-state index in [4.69, 9.17) is 38.8 Å². The van der Waals surface area contributed by atoms with Gasteiger partial charge in [-0.1, -0.05) is 23.2 Å². The summed E-state index contributed by atoms with van der Waals surface area (Å²) in [6.45, 7) is 1.54. The van der Waals surface area contributed by atoms with Crippen molar-refractivity contribution < 1.29 is 9.84 Å². The van der Waals surface area contributed by atoms with Crippen molar-refractivity contribution >= 4 is 51.3 Å². The lowest BCUT2D eigenvalue weighted by molar-refractivity contribution is 0.274. The molecule has 0 aliphatic heterocycles. The minimum absolute atomic E-state index is 0.0642. The number of hydrogen-bond acceptors (Lipinski definition) is 6. The van der Waals surface area contributed by atoms with Crippen LogP contribution in [0.5, 0.6) is 11.5 Å². The number of amidine groups is 1. The second-order valence-corrected chi connectivity index (χ2v) is 7.83. The predicted octanol–water partition coefficient (Wildman–Crippen LogP) is 4.37. The number of aliphatic imine (C=N–C) groups is 1. The molecule has 1 heterocycles. The molecule has 0 fully saturated rings. The molecule has 5 N–H and O–H groups in total. The van der Waals surface area contributed by atoms with Crippen LogP contribution in [0.4, 0.5) is 10.7 Å². The van der Waals surface area contributed by atoms with Crippen molar-refractivity contribution in [1.29, 1.82) is 0 Å². The maximum absolute atomic E-state index is 12.1. The molecule has 0 saturated heterocycles. The highest BCUT2D eigenvalue weighted by Crippen LogP contribution is 2.30. The minimum atomic E-state index is -0.404. The van der Waals surface area contributed by atoms with Crippen LogP contribution in [0, 0.1) is 0 Å². The zero-order valence-corrected chi connectivity index (χ0v) is 17.6. The molecule has 0 radical (unpaired) electrons. The van der Waals surface area contributed by atoms with Gasteiger partial charge in [0.2, 0.25) is 0 Å². The summed E-state index contributed by atoms with van der Waals surface area (Å²) in [7, 11) is 0. The highest BCUT2D eigenvalue weighted by atomic mass is 35.5. The lowest BCUT2D eigenvalue weighted by atomic mass is 10.2. The number of rotatable bonds is 7. The average Bonchev–Trinajstić information content (AvgIpc) is 3.02. The van der Waals surface area contributed by atoms with Crippen molar-refractivity contribution in [1.82, 2.24) is 4.37 Å². The third kappa shape index (κ3) is 5.51. The van der Waals surface area contributed by atoms with Gasteiger partial charge in [-0.25, -0.2) is 0 Å².